The first kappa shape index (κ1) is 15.4. The summed E-state index contributed by atoms with van der Waals surface area (Å²) in [5, 5.41) is 0. The van der Waals surface area contributed by atoms with Crippen LogP contribution in [0.5, 0.6) is 0 Å². The maximum absolute atomic E-state index is 13.1. The van der Waals surface area contributed by atoms with E-state index in [2.05, 4.69) is 14.1 Å². The van der Waals surface area contributed by atoms with E-state index in [9.17, 15) is 21.6 Å². The number of furan rings is 1. The third kappa shape index (κ3) is 3.35. The van der Waals surface area contributed by atoms with Gasteiger partial charge in [-0.05, 0) is 19.1 Å². The predicted molar refractivity (Wildman–Crippen MR) is 66.2 cm³/mol. The fourth-order valence-electron chi connectivity index (χ4n) is 1.58. The van der Waals surface area contributed by atoms with Crippen LogP contribution in [0.1, 0.15) is 17.6 Å². The number of nitrogens with one attached hydrogen (secondary N) is 1. The van der Waals surface area contributed by atoms with E-state index < -0.39 is 39.9 Å². The number of methoxy groups -OCH3 is 1. The number of ether oxygens (including phenoxy) is 1. The normalized spacial score (nSPS) is 21.0. The molecule has 0 aromatic carbocycles. The van der Waals surface area contributed by atoms with Gasteiger partial charge in [0.25, 0.3) is 5.90 Å². The topological polar surface area (TPSA) is 93.3 Å². The minimum atomic E-state index is -4.77. The molecular formula is C10H10F3N3O4S. The number of hydrogen-bond donors (Lipinski definition) is 1. The highest BCUT2D eigenvalue weighted by Crippen LogP contribution is 2.37. The second-order valence-electron chi connectivity index (χ2n) is 4.05. The molecule has 1 aliphatic heterocycles. The lowest BCUT2D eigenvalue weighted by Crippen LogP contribution is -2.30. The van der Waals surface area contributed by atoms with Crippen molar-refractivity contribution in [3.63, 3.8) is 0 Å². The van der Waals surface area contributed by atoms with Crippen LogP contribution in [0.4, 0.5) is 13.2 Å². The molecule has 21 heavy (non-hydrogen) atoms. The van der Waals surface area contributed by atoms with E-state index in [-0.39, 0.29) is 5.76 Å². The van der Waals surface area contributed by atoms with Crippen LogP contribution >= 0.6 is 0 Å². The van der Waals surface area contributed by atoms with Crippen LogP contribution in [0.25, 0.3) is 0 Å². The molecule has 116 valence electrons. The van der Waals surface area contributed by atoms with E-state index >= 15 is 0 Å². The van der Waals surface area contributed by atoms with E-state index in [1.165, 1.54) is 13.0 Å². The predicted octanol–water partition coefficient (Wildman–Crippen LogP) is 1.48. The van der Waals surface area contributed by atoms with E-state index in [0.29, 0.717) is 0 Å². The highest BCUT2D eigenvalue weighted by molar-refractivity contribution is 7.89. The zero-order chi connectivity index (χ0) is 15.8. The van der Waals surface area contributed by atoms with Gasteiger partial charge in [-0.25, -0.2) is 9.71 Å². The van der Waals surface area contributed by atoms with Gasteiger partial charge in [-0.2, -0.15) is 21.6 Å². The highest BCUT2D eigenvalue weighted by Gasteiger charge is 2.44. The van der Waals surface area contributed by atoms with Crippen LogP contribution in [-0.2, 0) is 14.9 Å². The zero-order valence-corrected chi connectivity index (χ0v) is 11.6. The molecule has 0 radical (unpaired) electrons. The molecule has 0 saturated heterocycles. The molecule has 1 N–H and O–H groups in total. The Hall–Kier alpha value is -2.04. The number of aryl methyl sites for hydroxylation is 1. The van der Waals surface area contributed by atoms with Crippen molar-refractivity contribution in [2.45, 2.75) is 19.1 Å². The second-order valence-corrected chi connectivity index (χ2v) is 5.38. The molecule has 2 rings (SSSR count). The number of hydrogen-bond acceptors (Lipinski definition) is 5. The zero-order valence-electron chi connectivity index (χ0n) is 10.8. The minimum absolute atomic E-state index is 0.270. The average Bonchev–Trinajstić information content (AvgIpc) is 2.87. The van der Waals surface area contributed by atoms with Gasteiger partial charge in [-0.3, -0.25) is 0 Å². The van der Waals surface area contributed by atoms with E-state index in [1.54, 1.807) is 4.72 Å². The lowest BCUT2D eigenvalue weighted by atomic mass is 10.2. The van der Waals surface area contributed by atoms with Crippen molar-refractivity contribution in [2.75, 3.05) is 7.11 Å². The molecule has 0 spiro atoms. The summed E-state index contributed by atoms with van der Waals surface area (Å²) in [6.07, 6.45) is -4.77. The van der Waals surface area contributed by atoms with Crippen molar-refractivity contribution >= 4 is 21.9 Å². The Labute approximate surface area is 117 Å². The number of amidine groups is 1. The largest absolute Gasteiger partial charge is 0.478 e. The van der Waals surface area contributed by atoms with Gasteiger partial charge >= 0.3 is 16.4 Å². The van der Waals surface area contributed by atoms with Gasteiger partial charge < -0.3 is 9.15 Å². The summed E-state index contributed by atoms with van der Waals surface area (Å²) < 4.78 is 76.0. The Morgan fingerprint density at radius 3 is 2.57 bits per heavy atom. The summed E-state index contributed by atoms with van der Waals surface area (Å²) >= 11 is 0. The summed E-state index contributed by atoms with van der Waals surface area (Å²) in [7, 11) is -3.07. The number of nitrogens with zero attached hydrogens (tertiary/aromatic N) is 2. The highest BCUT2D eigenvalue weighted by atomic mass is 32.2. The van der Waals surface area contributed by atoms with Gasteiger partial charge in [0.15, 0.2) is 0 Å². The Kier molecular flexibility index (Phi) is 3.70. The summed E-state index contributed by atoms with van der Waals surface area (Å²) in [5.74, 6) is -1.37. The molecule has 1 aromatic rings. The first-order valence-electron chi connectivity index (χ1n) is 5.50. The first-order valence-corrected chi connectivity index (χ1v) is 6.94. The lowest BCUT2D eigenvalue weighted by Gasteiger charge is -2.15. The molecule has 1 aliphatic rings. The van der Waals surface area contributed by atoms with E-state index in [1.807, 2.05) is 0 Å². The van der Waals surface area contributed by atoms with Crippen LogP contribution < -0.4 is 4.72 Å². The van der Waals surface area contributed by atoms with Crippen LogP contribution in [0.15, 0.2) is 25.9 Å². The molecule has 0 bridgehead atoms. The van der Waals surface area contributed by atoms with E-state index in [4.69, 9.17) is 4.42 Å². The van der Waals surface area contributed by atoms with Crippen molar-refractivity contribution in [2.24, 2.45) is 9.39 Å². The molecule has 1 aromatic heterocycles. The smallest absolute Gasteiger partial charge is 0.418 e. The van der Waals surface area contributed by atoms with Crippen LogP contribution in [0.3, 0.4) is 0 Å². The number of alkyl halides is 3. The quantitative estimate of drug-likeness (QED) is 0.891. The fourth-order valence-corrected chi connectivity index (χ4v) is 2.39. The third-order valence-corrected chi connectivity index (χ3v) is 3.28. The molecule has 11 heteroatoms. The standard InChI is InChI=1S/C10H10F3N3O4S/c1-5-3-4-6(20-5)7(10(11,12)13)14-8-9(19-2)16-21(17,18)15-8/h3-4,7H,1-2H3,(H,14,15)/t7-/m0/s1. The molecule has 2 heterocycles. The molecule has 0 amide bonds. The van der Waals surface area contributed by atoms with Crippen molar-refractivity contribution in [3.8, 4) is 0 Å². The van der Waals surface area contributed by atoms with Crippen molar-refractivity contribution in [1.29, 1.82) is 0 Å². The van der Waals surface area contributed by atoms with Gasteiger partial charge in [0.1, 0.15) is 11.5 Å². The monoisotopic (exact) mass is 325 g/mol. The summed E-state index contributed by atoms with van der Waals surface area (Å²) in [4.78, 5) is 3.33. The Morgan fingerprint density at radius 1 is 1.43 bits per heavy atom. The summed E-state index contributed by atoms with van der Waals surface area (Å²) in [5.41, 5.74) is 0. The molecule has 0 unspecified atom stereocenters. The number of halogens is 3. The molecule has 7 nitrogen and oxygen atoms in total. The van der Waals surface area contributed by atoms with Gasteiger partial charge in [-0.1, -0.05) is 0 Å². The Morgan fingerprint density at radius 2 is 2.10 bits per heavy atom. The lowest BCUT2D eigenvalue weighted by molar-refractivity contribution is -0.152. The molecule has 0 saturated carbocycles. The van der Waals surface area contributed by atoms with Crippen molar-refractivity contribution in [1.82, 2.24) is 4.72 Å². The van der Waals surface area contributed by atoms with Gasteiger partial charge in [0.05, 0.1) is 7.11 Å². The van der Waals surface area contributed by atoms with Gasteiger partial charge in [-0.15, -0.1) is 4.40 Å². The first-order chi connectivity index (χ1) is 9.62. The van der Waals surface area contributed by atoms with Crippen molar-refractivity contribution < 1.29 is 30.7 Å². The van der Waals surface area contributed by atoms with Crippen LogP contribution in [0, 0.1) is 6.92 Å². The SMILES string of the molecule is COC1=NS(=O)(=O)NC1=N[C@@H](c1ccc(C)o1)C(F)(F)F. The number of aliphatic imine (C=N–C) groups is 1. The molecule has 1 atom stereocenters. The third-order valence-electron chi connectivity index (χ3n) is 2.42. The molecular weight excluding hydrogens is 315 g/mol. The Bertz CT molecular complexity index is 705. The molecule has 0 fully saturated rings. The van der Waals surface area contributed by atoms with E-state index in [0.717, 1.165) is 13.2 Å². The molecule has 0 aliphatic carbocycles. The van der Waals surface area contributed by atoms with Gasteiger partial charge in [0, 0.05) is 0 Å². The summed E-state index contributed by atoms with van der Waals surface area (Å²) in [6, 6.07) is 0.0885. The Balaban J connectivity index is 2.45. The maximum Gasteiger partial charge on any atom is 0.418 e. The van der Waals surface area contributed by atoms with Gasteiger partial charge in [0.2, 0.25) is 11.9 Å². The minimum Gasteiger partial charge on any atom is -0.478 e. The van der Waals surface area contributed by atoms with Crippen LogP contribution in [-0.4, -0.2) is 33.4 Å². The number of rotatable bonds is 2. The summed E-state index contributed by atoms with van der Waals surface area (Å²) in [6.45, 7) is 1.48. The maximum atomic E-state index is 13.1. The average molecular weight is 325 g/mol. The second kappa shape index (κ2) is 5.06. The fraction of sp³-hybridized carbons (Fsp3) is 0.400. The van der Waals surface area contributed by atoms with Crippen molar-refractivity contribution in [3.05, 3.63) is 23.7 Å². The van der Waals surface area contributed by atoms with Crippen LogP contribution in [0.2, 0.25) is 0 Å².